The molecule has 4 heteroatoms. The third-order valence-electron chi connectivity index (χ3n) is 4.36. The maximum absolute atomic E-state index is 12.4. The summed E-state index contributed by atoms with van der Waals surface area (Å²) in [6.07, 6.45) is 4.37. The van der Waals surface area contributed by atoms with Crippen molar-refractivity contribution in [3.05, 3.63) is 22.8 Å². The van der Waals surface area contributed by atoms with Gasteiger partial charge in [-0.1, -0.05) is 13.3 Å². The first-order valence-corrected chi connectivity index (χ1v) is 7.88. The second-order valence-corrected chi connectivity index (χ2v) is 5.86. The number of benzene rings is 1. The van der Waals surface area contributed by atoms with Crippen LogP contribution in [0.1, 0.15) is 36.5 Å². The van der Waals surface area contributed by atoms with E-state index in [4.69, 9.17) is 9.47 Å². The van der Waals surface area contributed by atoms with Crippen molar-refractivity contribution in [3.63, 3.8) is 0 Å². The van der Waals surface area contributed by atoms with E-state index in [1.54, 1.807) is 0 Å². The monoisotopic (exact) mass is 289 g/mol. The number of nitrogens with zero attached hydrogens (tertiary/aromatic N) is 1. The number of amides is 1. The van der Waals surface area contributed by atoms with Crippen LogP contribution in [0.3, 0.4) is 0 Å². The van der Waals surface area contributed by atoms with Gasteiger partial charge >= 0.3 is 0 Å². The Kier molecular flexibility index (Phi) is 4.04. The average molecular weight is 289 g/mol. The third-order valence-corrected chi connectivity index (χ3v) is 4.36. The Hall–Kier alpha value is -1.71. The van der Waals surface area contributed by atoms with Crippen molar-refractivity contribution < 1.29 is 14.3 Å². The molecule has 0 saturated heterocycles. The van der Waals surface area contributed by atoms with Crippen LogP contribution in [0.15, 0.2) is 6.07 Å². The number of carbonyl (C=O) groups excluding carboxylic acids is 1. The van der Waals surface area contributed by atoms with Gasteiger partial charge in [0.05, 0.1) is 19.6 Å². The molecule has 0 fully saturated rings. The molecule has 0 radical (unpaired) electrons. The predicted molar refractivity (Wildman–Crippen MR) is 81.1 cm³/mol. The SMILES string of the molecule is CCCCN(C)C(=O)Cc1c2c(cc3c1OCC3)OCC2. The molecule has 4 nitrogen and oxygen atoms in total. The van der Waals surface area contributed by atoms with Crippen molar-refractivity contribution >= 4 is 5.91 Å². The largest absolute Gasteiger partial charge is 0.493 e. The van der Waals surface area contributed by atoms with Gasteiger partial charge in [-0.05, 0) is 12.5 Å². The lowest BCUT2D eigenvalue weighted by Gasteiger charge is -2.19. The molecule has 2 aliphatic heterocycles. The highest BCUT2D eigenvalue weighted by molar-refractivity contribution is 5.80. The number of rotatable bonds is 5. The number of likely N-dealkylation sites (N-methyl/N-ethyl adjacent to an activating group) is 1. The molecule has 2 heterocycles. The molecular weight excluding hydrogens is 266 g/mol. The van der Waals surface area contributed by atoms with Crippen molar-refractivity contribution in [1.82, 2.24) is 4.90 Å². The second-order valence-electron chi connectivity index (χ2n) is 5.86. The Balaban J connectivity index is 1.84. The highest BCUT2D eigenvalue weighted by Crippen LogP contribution is 2.40. The summed E-state index contributed by atoms with van der Waals surface area (Å²) in [5.41, 5.74) is 3.42. The minimum atomic E-state index is 0.168. The molecule has 0 atom stereocenters. The van der Waals surface area contributed by atoms with E-state index >= 15 is 0 Å². The molecule has 1 aromatic carbocycles. The van der Waals surface area contributed by atoms with Crippen LogP contribution in [-0.4, -0.2) is 37.6 Å². The number of carbonyl (C=O) groups is 1. The van der Waals surface area contributed by atoms with Gasteiger partial charge in [-0.2, -0.15) is 0 Å². The fourth-order valence-electron chi connectivity index (χ4n) is 3.08. The first kappa shape index (κ1) is 14.2. The average Bonchev–Trinajstić information content (AvgIpc) is 3.12. The Morgan fingerprint density at radius 2 is 2.10 bits per heavy atom. The molecule has 0 bridgehead atoms. The third kappa shape index (κ3) is 2.71. The van der Waals surface area contributed by atoms with E-state index in [1.165, 1.54) is 11.1 Å². The lowest BCUT2D eigenvalue weighted by Crippen LogP contribution is -2.29. The summed E-state index contributed by atoms with van der Waals surface area (Å²) >= 11 is 0. The van der Waals surface area contributed by atoms with Crippen LogP contribution in [-0.2, 0) is 24.1 Å². The van der Waals surface area contributed by atoms with E-state index in [9.17, 15) is 4.79 Å². The van der Waals surface area contributed by atoms with Crippen molar-refractivity contribution in [3.8, 4) is 11.5 Å². The standard InChI is InChI=1S/C17H23NO3/c1-3-4-7-18(2)16(19)11-14-13-6-9-20-15(13)10-12-5-8-21-17(12)14/h10H,3-9,11H2,1-2H3. The lowest BCUT2D eigenvalue weighted by atomic mass is 9.97. The Labute approximate surface area is 126 Å². The van der Waals surface area contributed by atoms with E-state index < -0.39 is 0 Å². The molecule has 0 saturated carbocycles. The van der Waals surface area contributed by atoms with Crippen molar-refractivity contribution in [2.45, 2.75) is 39.0 Å². The number of hydrogen-bond donors (Lipinski definition) is 0. The number of hydrogen-bond acceptors (Lipinski definition) is 3. The van der Waals surface area contributed by atoms with Gasteiger partial charge in [-0.15, -0.1) is 0 Å². The fraction of sp³-hybridized carbons (Fsp3) is 0.588. The number of ether oxygens (including phenoxy) is 2. The van der Waals surface area contributed by atoms with Crippen molar-refractivity contribution in [1.29, 1.82) is 0 Å². The Bertz CT molecular complexity index is 521. The molecule has 0 aliphatic carbocycles. The summed E-state index contributed by atoms with van der Waals surface area (Å²) in [5.74, 6) is 2.07. The molecule has 0 spiro atoms. The van der Waals surface area contributed by atoms with E-state index in [0.717, 1.165) is 49.3 Å². The van der Waals surface area contributed by atoms with Crippen LogP contribution in [0.25, 0.3) is 0 Å². The second kappa shape index (κ2) is 5.96. The maximum Gasteiger partial charge on any atom is 0.226 e. The summed E-state index contributed by atoms with van der Waals surface area (Å²) < 4.78 is 11.5. The molecule has 3 rings (SSSR count). The minimum absolute atomic E-state index is 0.168. The van der Waals surface area contributed by atoms with Gasteiger partial charge in [0.25, 0.3) is 0 Å². The molecular formula is C17H23NO3. The van der Waals surface area contributed by atoms with Gasteiger partial charge in [0.2, 0.25) is 5.91 Å². The molecule has 21 heavy (non-hydrogen) atoms. The summed E-state index contributed by atoms with van der Waals surface area (Å²) in [6, 6.07) is 2.10. The van der Waals surface area contributed by atoms with Gasteiger partial charge in [-0.3, -0.25) is 4.79 Å². The first-order chi connectivity index (χ1) is 10.2. The molecule has 0 unspecified atom stereocenters. The zero-order valence-electron chi connectivity index (χ0n) is 12.9. The molecule has 114 valence electrons. The lowest BCUT2D eigenvalue weighted by molar-refractivity contribution is -0.129. The smallest absolute Gasteiger partial charge is 0.226 e. The predicted octanol–water partition coefficient (Wildman–Crippen LogP) is 2.36. The summed E-state index contributed by atoms with van der Waals surface area (Å²) in [7, 11) is 1.89. The zero-order valence-corrected chi connectivity index (χ0v) is 12.9. The van der Waals surface area contributed by atoms with E-state index in [2.05, 4.69) is 13.0 Å². The highest BCUT2D eigenvalue weighted by Gasteiger charge is 2.28. The van der Waals surface area contributed by atoms with Crippen LogP contribution in [0, 0.1) is 0 Å². The van der Waals surface area contributed by atoms with E-state index in [0.29, 0.717) is 19.6 Å². The maximum atomic E-state index is 12.4. The van der Waals surface area contributed by atoms with Gasteiger partial charge in [0.15, 0.2) is 0 Å². The molecule has 0 aromatic heterocycles. The Morgan fingerprint density at radius 1 is 1.29 bits per heavy atom. The number of unbranched alkanes of at least 4 members (excludes halogenated alkanes) is 1. The highest BCUT2D eigenvalue weighted by atomic mass is 16.5. The summed E-state index contributed by atoms with van der Waals surface area (Å²) in [4.78, 5) is 14.3. The van der Waals surface area contributed by atoms with E-state index in [1.807, 2.05) is 11.9 Å². The van der Waals surface area contributed by atoms with Crippen molar-refractivity contribution in [2.75, 3.05) is 26.8 Å². The van der Waals surface area contributed by atoms with Crippen LogP contribution in [0.2, 0.25) is 0 Å². The van der Waals surface area contributed by atoms with Gasteiger partial charge < -0.3 is 14.4 Å². The summed E-state index contributed by atoms with van der Waals surface area (Å²) in [5, 5.41) is 0. The van der Waals surface area contributed by atoms with Gasteiger partial charge in [-0.25, -0.2) is 0 Å². The van der Waals surface area contributed by atoms with Crippen LogP contribution < -0.4 is 9.47 Å². The Morgan fingerprint density at radius 3 is 2.90 bits per heavy atom. The molecule has 0 N–H and O–H groups in total. The zero-order chi connectivity index (χ0) is 14.8. The van der Waals surface area contributed by atoms with E-state index in [-0.39, 0.29) is 5.91 Å². The normalized spacial score (nSPS) is 15.1. The van der Waals surface area contributed by atoms with Crippen LogP contribution >= 0.6 is 0 Å². The quantitative estimate of drug-likeness (QED) is 0.835. The van der Waals surface area contributed by atoms with Crippen LogP contribution in [0.4, 0.5) is 0 Å². The minimum Gasteiger partial charge on any atom is -0.493 e. The topological polar surface area (TPSA) is 38.8 Å². The summed E-state index contributed by atoms with van der Waals surface area (Å²) in [6.45, 7) is 4.39. The molecule has 1 amide bonds. The first-order valence-electron chi connectivity index (χ1n) is 7.88. The van der Waals surface area contributed by atoms with Gasteiger partial charge in [0.1, 0.15) is 11.5 Å². The van der Waals surface area contributed by atoms with Gasteiger partial charge in [0, 0.05) is 43.1 Å². The number of fused-ring (bicyclic) bond motifs is 2. The molecule has 1 aromatic rings. The fourth-order valence-corrected chi connectivity index (χ4v) is 3.08. The molecule has 2 aliphatic rings. The van der Waals surface area contributed by atoms with Crippen LogP contribution in [0.5, 0.6) is 11.5 Å². The van der Waals surface area contributed by atoms with Crippen molar-refractivity contribution in [2.24, 2.45) is 0 Å².